The van der Waals surface area contributed by atoms with Gasteiger partial charge in [-0.05, 0) is 37.0 Å². The van der Waals surface area contributed by atoms with Gasteiger partial charge >= 0.3 is 5.97 Å². The summed E-state index contributed by atoms with van der Waals surface area (Å²) in [6.45, 7) is 2.66. The van der Waals surface area contributed by atoms with E-state index in [1.54, 1.807) is 13.0 Å². The third-order valence-electron chi connectivity index (χ3n) is 5.22. The Morgan fingerprint density at radius 3 is 2.41 bits per heavy atom. The number of nitrogens with one attached hydrogen (secondary N) is 1. The van der Waals surface area contributed by atoms with Crippen LogP contribution < -0.4 is 5.32 Å². The summed E-state index contributed by atoms with van der Waals surface area (Å²) in [6.07, 6.45) is 0.910. The van der Waals surface area contributed by atoms with Gasteiger partial charge in [0.1, 0.15) is 11.7 Å². The number of aliphatic carboxylic acids is 1. The molecule has 8 nitrogen and oxygen atoms in total. The van der Waals surface area contributed by atoms with Gasteiger partial charge in [0.05, 0.1) is 10.8 Å². The van der Waals surface area contributed by atoms with Gasteiger partial charge in [-0.1, -0.05) is 36.4 Å². The molecule has 3 rings (SSSR count). The van der Waals surface area contributed by atoms with Crippen LogP contribution in [0.1, 0.15) is 30.0 Å². The molecule has 2 aromatic rings. The van der Waals surface area contributed by atoms with E-state index in [0.717, 1.165) is 11.1 Å². The third kappa shape index (κ3) is 4.78. The molecule has 1 atom stereocenters. The van der Waals surface area contributed by atoms with Crippen molar-refractivity contribution in [2.75, 3.05) is 18.4 Å². The molecule has 0 aliphatic carbocycles. The van der Waals surface area contributed by atoms with Gasteiger partial charge in [0.2, 0.25) is 5.91 Å². The highest BCUT2D eigenvalue weighted by Gasteiger charge is 2.33. The van der Waals surface area contributed by atoms with E-state index < -0.39 is 22.9 Å². The van der Waals surface area contributed by atoms with Gasteiger partial charge in [-0.15, -0.1) is 0 Å². The molecule has 8 heteroatoms. The Morgan fingerprint density at radius 1 is 1.17 bits per heavy atom. The summed E-state index contributed by atoms with van der Waals surface area (Å²) in [5.41, 5.74) is 1.47. The van der Waals surface area contributed by atoms with Crippen molar-refractivity contribution in [3.05, 3.63) is 69.8 Å². The average Bonchev–Trinajstić information content (AvgIpc) is 2.70. The Kier molecular flexibility index (Phi) is 6.23. The lowest BCUT2D eigenvalue weighted by Crippen LogP contribution is -2.43. The lowest BCUT2D eigenvalue weighted by Gasteiger charge is -2.35. The molecule has 1 fully saturated rings. The van der Waals surface area contributed by atoms with Crippen LogP contribution in [0.3, 0.4) is 0 Å². The first-order valence-electron chi connectivity index (χ1n) is 9.44. The van der Waals surface area contributed by atoms with Gasteiger partial charge in [-0.2, -0.15) is 0 Å². The predicted molar refractivity (Wildman–Crippen MR) is 108 cm³/mol. The Labute approximate surface area is 168 Å². The van der Waals surface area contributed by atoms with E-state index in [1.807, 2.05) is 35.2 Å². The predicted octanol–water partition coefficient (Wildman–Crippen LogP) is 3.38. The summed E-state index contributed by atoms with van der Waals surface area (Å²) in [7, 11) is 0. The third-order valence-corrected chi connectivity index (χ3v) is 5.22. The number of anilines is 1. The normalized spacial score (nSPS) is 16.2. The van der Waals surface area contributed by atoms with Gasteiger partial charge in [0.25, 0.3) is 5.69 Å². The number of aryl methyl sites for hydroxylation is 1. The molecule has 29 heavy (non-hydrogen) atoms. The van der Waals surface area contributed by atoms with E-state index in [1.165, 1.54) is 12.1 Å². The average molecular weight is 397 g/mol. The number of hydrogen-bond acceptors (Lipinski definition) is 5. The number of carboxylic acid groups (broad SMARTS) is 1. The summed E-state index contributed by atoms with van der Waals surface area (Å²) in [4.78, 5) is 37.2. The lowest BCUT2D eigenvalue weighted by molar-refractivity contribution is -0.384. The largest absolute Gasteiger partial charge is 0.481 e. The molecule has 1 unspecified atom stereocenters. The number of amides is 1. The van der Waals surface area contributed by atoms with E-state index in [2.05, 4.69) is 5.32 Å². The molecule has 0 radical (unpaired) electrons. The maximum absolute atomic E-state index is 13.2. The van der Waals surface area contributed by atoms with Crippen molar-refractivity contribution in [3.63, 3.8) is 0 Å². The van der Waals surface area contributed by atoms with Crippen LogP contribution in [0, 0.1) is 23.0 Å². The number of likely N-dealkylation sites (tertiary alicyclic amines) is 1. The Hall–Kier alpha value is -3.26. The summed E-state index contributed by atoms with van der Waals surface area (Å²) >= 11 is 0. The fraction of sp³-hybridized carbons (Fsp3) is 0.333. The van der Waals surface area contributed by atoms with Crippen LogP contribution in [0.25, 0.3) is 0 Å². The SMILES string of the molecule is Cc1ccc(NC(=O)C(c2ccccc2)N2CCC(C(=O)O)CC2)c([N+](=O)[O-])c1. The molecule has 2 aromatic carbocycles. The number of benzene rings is 2. The first-order chi connectivity index (χ1) is 13.9. The molecule has 1 saturated heterocycles. The van der Waals surface area contributed by atoms with Gasteiger partial charge in [0, 0.05) is 19.2 Å². The molecular weight excluding hydrogens is 374 g/mol. The summed E-state index contributed by atoms with van der Waals surface area (Å²) in [5, 5.41) is 23.3. The van der Waals surface area contributed by atoms with E-state index >= 15 is 0 Å². The Bertz CT molecular complexity index is 908. The van der Waals surface area contributed by atoms with E-state index in [4.69, 9.17) is 0 Å². The number of piperidine rings is 1. The van der Waals surface area contributed by atoms with Crippen LogP contribution in [-0.4, -0.2) is 39.9 Å². The minimum Gasteiger partial charge on any atom is -0.481 e. The lowest BCUT2D eigenvalue weighted by atomic mass is 9.94. The molecule has 152 valence electrons. The number of nitrogens with zero attached hydrogens (tertiary/aromatic N) is 2. The second-order valence-electron chi connectivity index (χ2n) is 7.23. The second-order valence-corrected chi connectivity index (χ2v) is 7.23. The first-order valence-corrected chi connectivity index (χ1v) is 9.44. The van der Waals surface area contributed by atoms with Crippen LogP contribution in [0.5, 0.6) is 0 Å². The molecule has 0 bridgehead atoms. The molecule has 1 heterocycles. The van der Waals surface area contributed by atoms with Crippen molar-refractivity contribution in [2.45, 2.75) is 25.8 Å². The van der Waals surface area contributed by atoms with Crippen molar-refractivity contribution in [1.82, 2.24) is 4.90 Å². The molecule has 1 aliphatic heterocycles. The number of rotatable bonds is 6. The van der Waals surface area contributed by atoms with Gasteiger partial charge in [-0.25, -0.2) is 0 Å². The monoisotopic (exact) mass is 397 g/mol. The van der Waals surface area contributed by atoms with Crippen molar-refractivity contribution in [1.29, 1.82) is 0 Å². The fourth-order valence-corrected chi connectivity index (χ4v) is 3.67. The van der Waals surface area contributed by atoms with Gasteiger partial charge in [-0.3, -0.25) is 24.6 Å². The molecular formula is C21H23N3O5. The zero-order valence-corrected chi connectivity index (χ0v) is 16.1. The molecule has 0 aromatic heterocycles. The van der Waals surface area contributed by atoms with Crippen molar-refractivity contribution in [2.24, 2.45) is 5.92 Å². The first kappa shape index (κ1) is 20.5. The highest BCUT2D eigenvalue weighted by atomic mass is 16.6. The second kappa shape index (κ2) is 8.83. The summed E-state index contributed by atoms with van der Waals surface area (Å²) < 4.78 is 0. The Morgan fingerprint density at radius 2 is 1.83 bits per heavy atom. The number of nitro groups is 1. The molecule has 0 spiro atoms. The number of carboxylic acids is 1. The molecule has 0 saturated carbocycles. The van der Waals surface area contributed by atoms with Crippen molar-refractivity contribution in [3.8, 4) is 0 Å². The van der Waals surface area contributed by atoms with Crippen LogP contribution in [0.15, 0.2) is 48.5 Å². The zero-order valence-electron chi connectivity index (χ0n) is 16.1. The van der Waals surface area contributed by atoms with Crippen LogP contribution >= 0.6 is 0 Å². The number of nitro benzene ring substituents is 1. The standard InChI is InChI=1S/C21H23N3O5/c1-14-7-8-17(18(13-14)24(28)29)22-20(25)19(15-5-3-2-4-6-15)23-11-9-16(10-12-23)21(26)27/h2-8,13,16,19H,9-12H2,1H3,(H,22,25)(H,26,27). The zero-order chi connectivity index (χ0) is 21.0. The van der Waals surface area contributed by atoms with Crippen molar-refractivity contribution >= 4 is 23.3 Å². The topological polar surface area (TPSA) is 113 Å². The molecule has 1 amide bonds. The quantitative estimate of drug-likeness (QED) is 0.571. The molecule has 1 aliphatic rings. The van der Waals surface area contributed by atoms with E-state index in [-0.39, 0.29) is 17.3 Å². The smallest absolute Gasteiger partial charge is 0.306 e. The highest BCUT2D eigenvalue weighted by molar-refractivity contribution is 5.97. The Balaban J connectivity index is 1.87. The van der Waals surface area contributed by atoms with Gasteiger partial charge in [0.15, 0.2) is 0 Å². The molecule has 2 N–H and O–H groups in total. The maximum Gasteiger partial charge on any atom is 0.306 e. The minimum atomic E-state index is -0.819. The van der Waals surface area contributed by atoms with Crippen LogP contribution in [0.2, 0.25) is 0 Å². The number of hydrogen-bond donors (Lipinski definition) is 2. The maximum atomic E-state index is 13.2. The summed E-state index contributed by atoms with van der Waals surface area (Å²) in [5.74, 6) is -1.61. The fourth-order valence-electron chi connectivity index (χ4n) is 3.67. The number of carbonyl (C=O) groups excluding carboxylic acids is 1. The van der Waals surface area contributed by atoms with Gasteiger partial charge < -0.3 is 10.4 Å². The highest BCUT2D eigenvalue weighted by Crippen LogP contribution is 2.31. The summed E-state index contributed by atoms with van der Waals surface area (Å²) in [6, 6.07) is 13.2. The van der Waals surface area contributed by atoms with E-state index in [0.29, 0.717) is 25.9 Å². The van der Waals surface area contributed by atoms with Crippen LogP contribution in [0.4, 0.5) is 11.4 Å². The number of carbonyl (C=O) groups is 2. The van der Waals surface area contributed by atoms with E-state index in [9.17, 15) is 24.8 Å². The minimum absolute atomic E-state index is 0.145. The van der Waals surface area contributed by atoms with Crippen LogP contribution in [-0.2, 0) is 9.59 Å². The van der Waals surface area contributed by atoms with Crippen molar-refractivity contribution < 1.29 is 19.6 Å².